The first kappa shape index (κ1) is 29.2. The molecule has 0 fully saturated rings. The molecule has 4 aromatic rings. The standard InChI is InChI=1S/C28H24Cl2F3N3O4/c1-15(2)25-18(24(36-40-25)23-19(29)8-5-9-20(23)30)14-39-22-11-10-21(26(35-22)28(31,32)33)34-13-16-6-4-7-17(12-16)27(37)38-3/h4-12,15,34H,13-14H2,1-3H3. The number of pyridine rings is 1. The number of methoxy groups -OCH3 is 1. The second kappa shape index (κ2) is 12.2. The fourth-order valence-corrected chi connectivity index (χ4v) is 4.56. The van der Waals surface area contributed by atoms with Gasteiger partial charge in [0, 0.05) is 24.1 Å². The molecule has 7 nitrogen and oxygen atoms in total. The third kappa shape index (κ3) is 6.51. The van der Waals surface area contributed by atoms with Crippen molar-refractivity contribution >= 4 is 34.9 Å². The molecule has 40 heavy (non-hydrogen) atoms. The summed E-state index contributed by atoms with van der Waals surface area (Å²) in [6.07, 6.45) is -4.77. The lowest BCUT2D eigenvalue weighted by Gasteiger charge is -2.16. The number of carbonyl (C=O) groups is 1. The van der Waals surface area contributed by atoms with Crippen molar-refractivity contribution < 1.29 is 32.0 Å². The third-order valence-corrected chi connectivity index (χ3v) is 6.51. The molecule has 0 saturated carbocycles. The van der Waals surface area contributed by atoms with Crippen LogP contribution < -0.4 is 10.1 Å². The Labute approximate surface area is 238 Å². The normalized spacial score (nSPS) is 11.5. The van der Waals surface area contributed by atoms with E-state index in [4.69, 9.17) is 37.2 Å². The number of anilines is 1. The van der Waals surface area contributed by atoms with E-state index < -0.39 is 17.8 Å². The van der Waals surface area contributed by atoms with Crippen LogP contribution in [0.2, 0.25) is 10.0 Å². The minimum atomic E-state index is -4.77. The lowest BCUT2D eigenvalue weighted by Crippen LogP contribution is -2.14. The van der Waals surface area contributed by atoms with Crippen LogP contribution in [0.25, 0.3) is 11.3 Å². The summed E-state index contributed by atoms with van der Waals surface area (Å²) < 4.78 is 57.8. The number of hydrogen-bond acceptors (Lipinski definition) is 7. The summed E-state index contributed by atoms with van der Waals surface area (Å²) in [5.41, 5.74) is 0.718. The molecule has 0 saturated heterocycles. The number of alkyl halides is 3. The van der Waals surface area contributed by atoms with Gasteiger partial charge < -0.3 is 19.3 Å². The molecule has 0 amide bonds. The van der Waals surface area contributed by atoms with Gasteiger partial charge in [0.1, 0.15) is 18.1 Å². The molecule has 210 valence electrons. The summed E-state index contributed by atoms with van der Waals surface area (Å²) in [4.78, 5) is 15.5. The number of aromatic nitrogens is 2. The van der Waals surface area contributed by atoms with Crippen molar-refractivity contribution in [2.45, 2.75) is 39.1 Å². The highest BCUT2D eigenvalue weighted by atomic mass is 35.5. The Bertz CT molecular complexity index is 1500. The molecule has 0 unspecified atom stereocenters. The van der Waals surface area contributed by atoms with E-state index in [1.54, 1.807) is 36.4 Å². The van der Waals surface area contributed by atoms with E-state index >= 15 is 0 Å². The summed E-state index contributed by atoms with van der Waals surface area (Å²) in [5, 5.41) is 7.54. The van der Waals surface area contributed by atoms with Crippen molar-refractivity contribution in [1.82, 2.24) is 10.1 Å². The van der Waals surface area contributed by atoms with Crippen LogP contribution in [0.1, 0.15) is 52.7 Å². The largest absolute Gasteiger partial charge is 0.473 e. The van der Waals surface area contributed by atoms with E-state index in [2.05, 4.69) is 15.5 Å². The van der Waals surface area contributed by atoms with Crippen LogP contribution >= 0.6 is 23.2 Å². The highest BCUT2D eigenvalue weighted by Crippen LogP contribution is 2.39. The molecular weight excluding hydrogens is 570 g/mol. The highest BCUT2D eigenvalue weighted by molar-refractivity contribution is 6.39. The smallest absolute Gasteiger partial charge is 0.435 e. The van der Waals surface area contributed by atoms with Gasteiger partial charge in [0.05, 0.1) is 34.0 Å². The van der Waals surface area contributed by atoms with E-state index in [-0.39, 0.29) is 36.2 Å². The number of benzene rings is 2. The van der Waals surface area contributed by atoms with Crippen LogP contribution in [-0.2, 0) is 24.1 Å². The maximum atomic E-state index is 14.0. The Hall–Kier alpha value is -3.76. The number of carbonyl (C=O) groups excluding carboxylic acids is 1. The number of halogens is 5. The predicted molar refractivity (Wildman–Crippen MR) is 145 cm³/mol. The third-order valence-electron chi connectivity index (χ3n) is 5.88. The molecule has 12 heteroatoms. The summed E-state index contributed by atoms with van der Waals surface area (Å²) >= 11 is 12.7. The highest BCUT2D eigenvalue weighted by Gasteiger charge is 2.36. The molecule has 2 heterocycles. The number of ether oxygens (including phenoxy) is 2. The number of nitrogens with one attached hydrogen (secondary N) is 1. The maximum Gasteiger partial charge on any atom is 0.435 e. The maximum absolute atomic E-state index is 14.0. The van der Waals surface area contributed by atoms with Crippen LogP contribution in [-0.4, -0.2) is 23.2 Å². The molecule has 2 aromatic heterocycles. The Morgan fingerprint density at radius 3 is 2.42 bits per heavy atom. The van der Waals surface area contributed by atoms with Gasteiger partial charge in [-0.3, -0.25) is 0 Å². The van der Waals surface area contributed by atoms with Gasteiger partial charge in [0.25, 0.3) is 0 Å². The zero-order valence-corrected chi connectivity index (χ0v) is 23.1. The molecular formula is C28H24Cl2F3N3O4. The van der Waals surface area contributed by atoms with Gasteiger partial charge in [-0.2, -0.15) is 13.2 Å². The van der Waals surface area contributed by atoms with Crippen molar-refractivity contribution in [3.8, 4) is 17.1 Å². The summed E-state index contributed by atoms with van der Waals surface area (Å²) in [6, 6.07) is 13.9. The zero-order valence-electron chi connectivity index (χ0n) is 21.6. The lowest BCUT2D eigenvalue weighted by atomic mass is 10.0. The Morgan fingerprint density at radius 2 is 1.77 bits per heavy atom. The molecule has 0 spiro atoms. The predicted octanol–water partition coefficient (Wildman–Crippen LogP) is 8.16. The Kier molecular flexibility index (Phi) is 8.90. The second-order valence-electron chi connectivity index (χ2n) is 9.00. The molecule has 4 rings (SSSR count). The molecule has 2 aromatic carbocycles. The average Bonchev–Trinajstić information content (AvgIpc) is 3.33. The lowest BCUT2D eigenvalue weighted by molar-refractivity contribution is -0.140. The van der Waals surface area contributed by atoms with E-state index in [1.165, 1.54) is 25.3 Å². The van der Waals surface area contributed by atoms with Gasteiger partial charge in [-0.05, 0) is 35.9 Å². The first-order chi connectivity index (χ1) is 19.0. The number of hydrogen-bond donors (Lipinski definition) is 1. The van der Waals surface area contributed by atoms with Crippen molar-refractivity contribution in [1.29, 1.82) is 0 Å². The SMILES string of the molecule is COC(=O)c1cccc(CNc2ccc(OCc3c(-c4c(Cl)cccc4Cl)noc3C(C)C)nc2C(F)(F)F)c1. The van der Waals surface area contributed by atoms with Crippen molar-refractivity contribution in [3.63, 3.8) is 0 Å². The quantitative estimate of drug-likeness (QED) is 0.196. The van der Waals surface area contributed by atoms with Crippen molar-refractivity contribution in [2.24, 2.45) is 0 Å². The molecule has 1 N–H and O–H groups in total. The van der Waals surface area contributed by atoms with Gasteiger partial charge in [0.2, 0.25) is 5.88 Å². The molecule has 0 aliphatic rings. The van der Waals surface area contributed by atoms with Crippen LogP contribution in [0, 0.1) is 0 Å². The zero-order chi connectivity index (χ0) is 29.0. The number of rotatable bonds is 9. The minimum Gasteiger partial charge on any atom is -0.473 e. The van der Waals surface area contributed by atoms with E-state index in [9.17, 15) is 18.0 Å². The summed E-state index contributed by atoms with van der Waals surface area (Å²) in [5.74, 6) is -0.425. The van der Waals surface area contributed by atoms with Gasteiger partial charge in [-0.1, -0.05) is 60.4 Å². The first-order valence-electron chi connectivity index (χ1n) is 12.0. The second-order valence-corrected chi connectivity index (χ2v) is 9.82. The molecule has 0 aliphatic carbocycles. The monoisotopic (exact) mass is 593 g/mol. The topological polar surface area (TPSA) is 86.5 Å². The fourth-order valence-electron chi connectivity index (χ4n) is 3.99. The van der Waals surface area contributed by atoms with E-state index in [1.807, 2.05) is 13.8 Å². The van der Waals surface area contributed by atoms with Gasteiger partial charge in [-0.15, -0.1) is 0 Å². The van der Waals surface area contributed by atoms with Crippen LogP contribution in [0.4, 0.5) is 18.9 Å². The summed E-state index contributed by atoms with van der Waals surface area (Å²) in [7, 11) is 1.25. The molecule has 0 aliphatic heterocycles. The number of esters is 1. The van der Waals surface area contributed by atoms with Gasteiger partial charge in [0.15, 0.2) is 5.69 Å². The Morgan fingerprint density at radius 1 is 1.07 bits per heavy atom. The average molecular weight is 594 g/mol. The van der Waals surface area contributed by atoms with Crippen LogP contribution in [0.15, 0.2) is 59.1 Å². The fraction of sp³-hybridized carbons (Fsp3) is 0.250. The van der Waals surface area contributed by atoms with Crippen molar-refractivity contribution in [2.75, 3.05) is 12.4 Å². The van der Waals surface area contributed by atoms with E-state index in [0.717, 1.165) is 0 Å². The van der Waals surface area contributed by atoms with Crippen LogP contribution in [0.3, 0.4) is 0 Å². The minimum absolute atomic E-state index is 0.0101. The van der Waals surface area contributed by atoms with Crippen molar-refractivity contribution in [3.05, 3.63) is 92.8 Å². The molecule has 0 atom stereocenters. The Balaban J connectivity index is 1.59. The molecule has 0 bridgehead atoms. The van der Waals surface area contributed by atoms with E-state index in [0.29, 0.717) is 38.2 Å². The first-order valence-corrected chi connectivity index (χ1v) is 12.8. The van der Waals surface area contributed by atoms with Gasteiger partial charge in [-0.25, -0.2) is 9.78 Å². The molecule has 0 radical (unpaired) electrons. The summed E-state index contributed by atoms with van der Waals surface area (Å²) in [6.45, 7) is 3.58. The van der Waals surface area contributed by atoms with Crippen LogP contribution in [0.5, 0.6) is 5.88 Å². The van der Waals surface area contributed by atoms with Gasteiger partial charge >= 0.3 is 12.1 Å². The number of nitrogens with zero attached hydrogens (tertiary/aromatic N) is 2.